The second-order valence-corrected chi connectivity index (χ2v) is 5.16. The molecule has 2 atom stereocenters. The highest BCUT2D eigenvalue weighted by Crippen LogP contribution is 2.31. The number of piperidine rings is 1. The number of rotatable bonds is 2. The Morgan fingerprint density at radius 3 is 2.57 bits per heavy atom. The molecule has 3 N–H and O–H groups in total. The summed E-state index contributed by atoms with van der Waals surface area (Å²) in [5.74, 6) is 1.80. The Bertz CT molecular complexity index is 164. The zero-order chi connectivity index (χ0) is 9.80. The largest absolute Gasteiger partial charge is 0.326 e. The number of hydrogen-bond acceptors (Lipinski definition) is 2. The van der Waals surface area contributed by atoms with E-state index in [2.05, 4.69) is 5.32 Å². The van der Waals surface area contributed by atoms with Crippen molar-refractivity contribution in [2.24, 2.45) is 17.6 Å². The van der Waals surface area contributed by atoms with Gasteiger partial charge >= 0.3 is 0 Å². The molecule has 2 fully saturated rings. The lowest BCUT2D eigenvalue weighted by Gasteiger charge is -2.33. The summed E-state index contributed by atoms with van der Waals surface area (Å²) in [6, 6.07) is 0.422. The number of nitrogens with one attached hydrogen (secondary N) is 1. The Morgan fingerprint density at radius 2 is 1.86 bits per heavy atom. The topological polar surface area (TPSA) is 38.0 Å². The van der Waals surface area contributed by atoms with E-state index in [-0.39, 0.29) is 0 Å². The highest BCUT2D eigenvalue weighted by Gasteiger charge is 2.25. The Hall–Kier alpha value is -0.0800. The molecule has 2 rings (SSSR count). The lowest BCUT2D eigenvalue weighted by Crippen LogP contribution is -2.46. The summed E-state index contributed by atoms with van der Waals surface area (Å²) in [5, 5.41) is 3.38. The SMILES string of the molecule is NC1CNCCC1CC1CCCCC1. The van der Waals surface area contributed by atoms with Crippen LogP contribution in [0.25, 0.3) is 0 Å². The molecule has 0 aromatic rings. The van der Waals surface area contributed by atoms with Crippen LogP contribution in [0.3, 0.4) is 0 Å². The summed E-state index contributed by atoms with van der Waals surface area (Å²) in [4.78, 5) is 0. The molecule has 1 saturated carbocycles. The molecule has 0 radical (unpaired) electrons. The van der Waals surface area contributed by atoms with E-state index in [1.54, 1.807) is 0 Å². The van der Waals surface area contributed by atoms with Gasteiger partial charge in [-0.3, -0.25) is 0 Å². The molecule has 82 valence electrons. The Morgan fingerprint density at radius 1 is 1.07 bits per heavy atom. The normalized spacial score (nSPS) is 35.8. The van der Waals surface area contributed by atoms with Crippen LogP contribution in [0.15, 0.2) is 0 Å². The van der Waals surface area contributed by atoms with Gasteiger partial charge in [0.05, 0.1) is 0 Å². The van der Waals surface area contributed by atoms with Gasteiger partial charge in [0.25, 0.3) is 0 Å². The summed E-state index contributed by atoms with van der Waals surface area (Å²) >= 11 is 0. The van der Waals surface area contributed by atoms with E-state index >= 15 is 0 Å². The van der Waals surface area contributed by atoms with Crippen molar-refractivity contribution in [2.45, 2.75) is 51.0 Å². The van der Waals surface area contributed by atoms with Gasteiger partial charge in [-0.05, 0) is 31.2 Å². The van der Waals surface area contributed by atoms with Crippen molar-refractivity contribution in [2.75, 3.05) is 13.1 Å². The highest BCUT2D eigenvalue weighted by atomic mass is 14.9. The second kappa shape index (κ2) is 5.13. The zero-order valence-electron chi connectivity index (χ0n) is 9.17. The van der Waals surface area contributed by atoms with Crippen LogP contribution in [-0.4, -0.2) is 19.1 Å². The van der Waals surface area contributed by atoms with Crippen LogP contribution < -0.4 is 11.1 Å². The molecule has 0 aromatic heterocycles. The molecule has 2 aliphatic rings. The molecular weight excluding hydrogens is 172 g/mol. The highest BCUT2D eigenvalue weighted by molar-refractivity contribution is 4.83. The smallest absolute Gasteiger partial charge is 0.0194 e. The van der Waals surface area contributed by atoms with E-state index in [1.807, 2.05) is 0 Å². The van der Waals surface area contributed by atoms with Crippen LogP contribution in [-0.2, 0) is 0 Å². The molecule has 2 heteroatoms. The van der Waals surface area contributed by atoms with E-state index in [0.29, 0.717) is 6.04 Å². The quantitative estimate of drug-likeness (QED) is 0.708. The molecule has 0 aromatic carbocycles. The first-order valence-corrected chi connectivity index (χ1v) is 6.32. The molecule has 0 amide bonds. The summed E-state index contributed by atoms with van der Waals surface area (Å²) in [6.45, 7) is 2.22. The second-order valence-electron chi connectivity index (χ2n) is 5.16. The minimum Gasteiger partial charge on any atom is -0.326 e. The number of nitrogens with two attached hydrogens (primary N) is 1. The summed E-state index contributed by atoms with van der Waals surface area (Å²) < 4.78 is 0. The summed E-state index contributed by atoms with van der Waals surface area (Å²) in [7, 11) is 0. The van der Waals surface area contributed by atoms with Gasteiger partial charge in [-0.1, -0.05) is 32.1 Å². The first kappa shape index (κ1) is 10.4. The fourth-order valence-electron chi connectivity index (χ4n) is 3.08. The van der Waals surface area contributed by atoms with Gasteiger partial charge in [0.2, 0.25) is 0 Å². The van der Waals surface area contributed by atoms with E-state index in [4.69, 9.17) is 5.73 Å². The monoisotopic (exact) mass is 196 g/mol. The molecular formula is C12H24N2. The summed E-state index contributed by atoms with van der Waals surface area (Å²) in [5.41, 5.74) is 6.13. The Kier molecular flexibility index (Phi) is 3.82. The fraction of sp³-hybridized carbons (Fsp3) is 1.00. The molecule has 1 aliphatic carbocycles. The van der Waals surface area contributed by atoms with Crippen molar-refractivity contribution in [3.05, 3.63) is 0 Å². The van der Waals surface area contributed by atoms with Crippen LogP contribution in [0.4, 0.5) is 0 Å². The van der Waals surface area contributed by atoms with E-state index in [0.717, 1.165) is 18.4 Å². The van der Waals surface area contributed by atoms with Gasteiger partial charge in [-0.15, -0.1) is 0 Å². The van der Waals surface area contributed by atoms with E-state index in [9.17, 15) is 0 Å². The Labute approximate surface area is 87.6 Å². The number of hydrogen-bond donors (Lipinski definition) is 2. The molecule has 1 heterocycles. The van der Waals surface area contributed by atoms with E-state index in [1.165, 1.54) is 51.5 Å². The maximum atomic E-state index is 6.13. The van der Waals surface area contributed by atoms with Crippen molar-refractivity contribution in [3.8, 4) is 0 Å². The third-order valence-corrected chi connectivity index (χ3v) is 4.04. The van der Waals surface area contributed by atoms with Crippen molar-refractivity contribution in [1.29, 1.82) is 0 Å². The van der Waals surface area contributed by atoms with Gasteiger partial charge < -0.3 is 11.1 Å². The molecule has 2 unspecified atom stereocenters. The Balaban J connectivity index is 1.76. The van der Waals surface area contributed by atoms with Crippen molar-refractivity contribution in [3.63, 3.8) is 0 Å². The maximum absolute atomic E-state index is 6.13. The van der Waals surface area contributed by atoms with Crippen LogP contribution in [0.2, 0.25) is 0 Å². The average molecular weight is 196 g/mol. The minimum atomic E-state index is 0.422. The van der Waals surface area contributed by atoms with Crippen molar-refractivity contribution < 1.29 is 0 Å². The van der Waals surface area contributed by atoms with Crippen molar-refractivity contribution >= 4 is 0 Å². The predicted octanol–water partition coefficient (Wildman–Crippen LogP) is 1.89. The predicted molar refractivity (Wildman–Crippen MR) is 60.1 cm³/mol. The van der Waals surface area contributed by atoms with Crippen LogP contribution >= 0.6 is 0 Å². The minimum absolute atomic E-state index is 0.422. The van der Waals surface area contributed by atoms with Gasteiger partial charge in [-0.2, -0.15) is 0 Å². The van der Waals surface area contributed by atoms with Gasteiger partial charge in [0, 0.05) is 12.6 Å². The summed E-state index contributed by atoms with van der Waals surface area (Å²) in [6.07, 6.45) is 10.0. The van der Waals surface area contributed by atoms with Crippen LogP contribution in [0.1, 0.15) is 44.9 Å². The zero-order valence-corrected chi connectivity index (χ0v) is 9.17. The lowest BCUT2D eigenvalue weighted by atomic mass is 9.78. The van der Waals surface area contributed by atoms with Gasteiger partial charge in [0.1, 0.15) is 0 Å². The van der Waals surface area contributed by atoms with Gasteiger partial charge in [0.15, 0.2) is 0 Å². The van der Waals surface area contributed by atoms with Crippen LogP contribution in [0, 0.1) is 11.8 Å². The molecule has 0 bridgehead atoms. The lowest BCUT2D eigenvalue weighted by molar-refractivity contribution is 0.229. The van der Waals surface area contributed by atoms with E-state index < -0.39 is 0 Å². The molecule has 1 aliphatic heterocycles. The molecule has 0 spiro atoms. The van der Waals surface area contributed by atoms with Crippen molar-refractivity contribution in [1.82, 2.24) is 5.32 Å². The molecule has 14 heavy (non-hydrogen) atoms. The third-order valence-electron chi connectivity index (χ3n) is 4.04. The third kappa shape index (κ3) is 2.71. The first-order valence-electron chi connectivity index (χ1n) is 6.32. The standard InChI is InChI=1S/C12H24N2/c13-12-9-14-7-6-11(12)8-10-4-2-1-3-5-10/h10-12,14H,1-9,13H2. The average Bonchev–Trinajstić information content (AvgIpc) is 2.23. The maximum Gasteiger partial charge on any atom is 0.0194 e. The molecule has 2 nitrogen and oxygen atoms in total. The molecule has 1 saturated heterocycles. The first-order chi connectivity index (χ1) is 6.86. The van der Waals surface area contributed by atoms with Crippen LogP contribution in [0.5, 0.6) is 0 Å². The van der Waals surface area contributed by atoms with Gasteiger partial charge in [-0.25, -0.2) is 0 Å². The fourth-order valence-corrected chi connectivity index (χ4v) is 3.08.